The summed E-state index contributed by atoms with van der Waals surface area (Å²) < 4.78 is 0.845. The molecule has 4 nitrogen and oxygen atoms in total. The first-order valence-electron chi connectivity index (χ1n) is 5.97. The van der Waals surface area contributed by atoms with Crippen LogP contribution in [0.1, 0.15) is 13.3 Å². The van der Waals surface area contributed by atoms with Gasteiger partial charge >= 0.3 is 0 Å². The van der Waals surface area contributed by atoms with E-state index in [2.05, 4.69) is 43.5 Å². The Labute approximate surface area is 125 Å². The van der Waals surface area contributed by atoms with E-state index in [-0.39, 0.29) is 0 Å². The quantitative estimate of drug-likeness (QED) is 0.843. The van der Waals surface area contributed by atoms with Crippen LogP contribution in [-0.2, 0) is 0 Å². The zero-order valence-electron chi connectivity index (χ0n) is 10.5. The standard InChI is InChI=1S/C13H14BrClN4/c1-2-5-16-12-7-13(18-8-17-12)19-9-3-4-11(15)10(14)6-9/h3-4,6-8H,2,5H2,1H3,(H2,16,17,18,19). The molecule has 0 atom stereocenters. The highest BCUT2D eigenvalue weighted by Gasteiger charge is 2.02. The van der Waals surface area contributed by atoms with E-state index in [1.54, 1.807) is 0 Å². The molecule has 0 aliphatic rings. The van der Waals surface area contributed by atoms with Gasteiger partial charge in [0.25, 0.3) is 0 Å². The van der Waals surface area contributed by atoms with E-state index in [0.29, 0.717) is 5.02 Å². The van der Waals surface area contributed by atoms with E-state index < -0.39 is 0 Å². The summed E-state index contributed by atoms with van der Waals surface area (Å²) in [5.74, 6) is 1.55. The first-order chi connectivity index (χ1) is 9.19. The summed E-state index contributed by atoms with van der Waals surface area (Å²) in [6.07, 6.45) is 2.59. The zero-order valence-corrected chi connectivity index (χ0v) is 12.8. The Morgan fingerprint density at radius 3 is 2.74 bits per heavy atom. The average molecular weight is 342 g/mol. The molecule has 1 aromatic carbocycles. The molecule has 100 valence electrons. The minimum Gasteiger partial charge on any atom is -0.370 e. The van der Waals surface area contributed by atoms with E-state index in [0.717, 1.165) is 34.8 Å². The zero-order chi connectivity index (χ0) is 13.7. The lowest BCUT2D eigenvalue weighted by atomic mass is 10.3. The number of hydrogen-bond donors (Lipinski definition) is 2. The van der Waals surface area contributed by atoms with Crippen LogP contribution >= 0.6 is 27.5 Å². The lowest BCUT2D eigenvalue weighted by Gasteiger charge is -2.08. The van der Waals surface area contributed by atoms with Crippen LogP contribution < -0.4 is 10.6 Å². The fourth-order valence-electron chi connectivity index (χ4n) is 1.50. The van der Waals surface area contributed by atoms with Crippen molar-refractivity contribution in [3.63, 3.8) is 0 Å². The fraction of sp³-hybridized carbons (Fsp3) is 0.231. The maximum Gasteiger partial charge on any atom is 0.135 e. The van der Waals surface area contributed by atoms with Gasteiger partial charge in [-0.3, -0.25) is 0 Å². The van der Waals surface area contributed by atoms with E-state index in [1.807, 2.05) is 24.3 Å². The maximum absolute atomic E-state index is 5.96. The molecule has 1 aromatic heterocycles. The molecule has 2 rings (SSSR count). The molecule has 0 unspecified atom stereocenters. The molecule has 0 bridgehead atoms. The summed E-state index contributed by atoms with van der Waals surface area (Å²) in [6.45, 7) is 3.00. The van der Waals surface area contributed by atoms with Gasteiger partial charge in [-0.15, -0.1) is 0 Å². The van der Waals surface area contributed by atoms with Crippen molar-refractivity contribution in [2.24, 2.45) is 0 Å². The van der Waals surface area contributed by atoms with Gasteiger partial charge in [-0.05, 0) is 40.5 Å². The van der Waals surface area contributed by atoms with Crippen LogP contribution in [0.4, 0.5) is 17.3 Å². The van der Waals surface area contributed by atoms with Gasteiger partial charge in [-0.25, -0.2) is 9.97 Å². The molecular formula is C13H14BrClN4. The van der Waals surface area contributed by atoms with Crippen molar-refractivity contribution < 1.29 is 0 Å². The number of hydrogen-bond acceptors (Lipinski definition) is 4. The number of nitrogens with one attached hydrogen (secondary N) is 2. The van der Waals surface area contributed by atoms with Gasteiger partial charge in [0.15, 0.2) is 0 Å². The van der Waals surface area contributed by atoms with Gasteiger partial charge in [0.2, 0.25) is 0 Å². The highest BCUT2D eigenvalue weighted by molar-refractivity contribution is 9.10. The Hall–Kier alpha value is -1.33. The molecule has 0 fully saturated rings. The average Bonchev–Trinajstić information content (AvgIpc) is 2.41. The largest absolute Gasteiger partial charge is 0.370 e. The van der Waals surface area contributed by atoms with Gasteiger partial charge in [0.05, 0.1) is 5.02 Å². The minimum absolute atomic E-state index is 0.679. The third kappa shape index (κ3) is 4.08. The van der Waals surface area contributed by atoms with Crippen molar-refractivity contribution in [2.45, 2.75) is 13.3 Å². The first-order valence-corrected chi connectivity index (χ1v) is 7.14. The molecule has 0 saturated carbocycles. The van der Waals surface area contributed by atoms with E-state index in [4.69, 9.17) is 11.6 Å². The van der Waals surface area contributed by atoms with Crippen molar-refractivity contribution in [3.8, 4) is 0 Å². The second-order valence-corrected chi connectivity index (χ2v) is 5.23. The normalized spacial score (nSPS) is 10.3. The third-order valence-electron chi connectivity index (χ3n) is 2.42. The van der Waals surface area contributed by atoms with Crippen LogP contribution in [0, 0.1) is 0 Å². The van der Waals surface area contributed by atoms with Crippen LogP contribution in [0.2, 0.25) is 5.02 Å². The summed E-state index contributed by atoms with van der Waals surface area (Å²) in [7, 11) is 0. The summed E-state index contributed by atoms with van der Waals surface area (Å²) in [5, 5.41) is 7.11. The third-order valence-corrected chi connectivity index (χ3v) is 3.63. The maximum atomic E-state index is 5.96. The van der Waals surface area contributed by atoms with Crippen molar-refractivity contribution >= 4 is 44.9 Å². The van der Waals surface area contributed by atoms with Crippen LogP contribution in [-0.4, -0.2) is 16.5 Å². The Bertz CT molecular complexity index is 562. The number of aromatic nitrogens is 2. The van der Waals surface area contributed by atoms with Crippen molar-refractivity contribution in [3.05, 3.63) is 40.1 Å². The lowest BCUT2D eigenvalue weighted by molar-refractivity contribution is 0.965. The van der Waals surface area contributed by atoms with Crippen LogP contribution in [0.25, 0.3) is 0 Å². The summed E-state index contributed by atoms with van der Waals surface area (Å²) >= 11 is 9.35. The SMILES string of the molecule is CCCNc1cc(Nc2ccc(Cl)c(Br)c2)ncn1. The molecule has 6 heteroatoms. The molecule has 0 aliphatic heterocycles. The highest BCUT2D eigenvalue weighted by Crippen LogP contribution is 2.27. The van der Waals surface area contributed by atoms with Gasteiger partial charge < -0.3 is 10.6 Å². The molecule has 0 radical (unpaired) electrons. The van der Waals surface area contributed by atoms with Gasteiger partial charge in [-0.1, -0.05) is 18.5 Å². The van der Waals surface area contributed by atoms with Crippen molar-refractivity contribution in [1.82, 2.24) is 9.97 Å². The predicted molar refractivity (Wildman–Crippen MR) is 83.2 cm³/mol. The fourth-order valence-corrected chi connectivity index (χ4v) is 1.99. The predicted octanol–water partition coefficient (Wildman–Crippen LogP) is 4.46. The summed E-state index contributed by atoms with van der Waals surface area (Å²) in [4.78, 5) is 8.34. The number of benzene rings is 1. The van der Waals surface area contributed by atoms with E-state index in [9.17, 15) is 0 Å². The molecule has 19 heavy (non-hydrogen) atoms. The number of nitrogens with zero attached hydrogens (tertiary/aromatic N) is 2. The van der Waals surface area contributed by atoms with E-state index >= 15 is 0 Å². The Kier molecular flexibility index (Phi) is 4.99. The second-order valence-electron chi connectivity index (χ2n) is 3.97. The Balaban J connectivity index is 2.11. The molecule has 2 N–H and O–H groups in total. The number of rotatable bonds is 5. The van der Waals surface area contributed by atoms with Crippen LogP contribution in [0.3, 0.4) is 0 Å². The monoisotopic (exact) mass is 340 g/mol. The molecule has 0 saturated heterocycles. The number of halogens is 2. The van der Waals surface area contributed by atoms with Gasteiger partial charge in [0, 0.05) is 22.8 Å². The van der Waals surface area contributed by atoms with Crippen molar-refractivity contribution in [2.75, 3.05) is 17.2 Å². The Morgan fingerprint density at radius 2 is 2.00 bits per heavy atom. The van der Waals surface area contributed by atoms with Crippen LogP contribution in [0.15, 0.2) is 35.1 Å². The second kappa shape index (κ2) is 6.73. The summed E-state index contributed by atoms with van der Waals surface area (Å²) in [6, 6.07) is 7.50. The molecule has 2 aromatic rings. The minimum atomic E-state index is 0.679. The molecule has 1 heterocycles. The van der Waals surface area contributed by atoms with Crippen LogP contribution in [0.5, 0.6) is 0 Å². The topological polar surface area (TPSA) is 49.8 Å². The smallest absolute Gasteiger partial charge is 0.135 e. The van der Waals surface area contributed by atoms with Crippen molar-refractivity contribution in [1.29, 1.82) is 0 Å². The van der Waals surface area contributed by atoms with Gasteiger partial charge in [0.1, 0.15) is 18.0 Å². The Morgan fingerprint density at radius 1 is 1.21 bits per heavy atom. The lowest BCUT2D eigenvalue weighted by Crippen LogP contribution is -2.03. The highest BCUT2D eigenvalue weighted by atomic mass is 79.9. The van der Waals surface area contributed by atoms with Gasteiger partial charge in [-0.2, -0.15) is 0 Å². The number of anilines is 3. The first kappa shape index (κ1) is 14.1. The summed E-state index contributed by atoms with van der Waals surface area (Å²) in [5.41, 5.74) is 0.913. The van der Waals surface area contributed by atoms with E-state index in [1.165, 1.54) is 6.33 Å². The molecule has 0 spiro atoms. The molecular weight excluding hydrogens is 328 g/mol. The molecule has 0 amide bonds. The molecule has 0 aliphatic carbocycles.